The molecule has 0 fully saturated rings. The summed E-state index contributed by atoms with van der Waals surface area (Å²) >= 11 is 1.63. The molecule has 6 nitrogen and oxygen atoms in total. The quantitative estimate of drug-likeness (QED) is 0.689. The van der Waals surface area contributed by atoms with E-state index >= 15 is 0 Å². The molecule has 1 atom stereocenters. The number of benzene rings is 2. The van der Waals surface area contributed by atoms with Gasteiger partial charge in [0.1, 0.15) is 0 Å². The van der Waals surface area contributed by atoms with Crippen LogP contribution in [0.2, 0.25) is 0 Å². The maximum absolute atomic E-state index is 12.5. The maximum atomic E-state index is 12.5. The average molecular weight is 377 g/mol. The van der Waals surface area contributed by atoms with Crippen molar-refractivity contribution in [2.24, 2.45) is 0 Å². The molecule has 0 aliphatic carbocycles. The van der Waals surface area contributed by atoms with Gasteiger partial charge in [0.05, 0.1) is 33.0 Å². The minimum absolute atomic E-state index is 0.0783. The number of methoxy groups -OCH3 is 3. The molecule has 0 aromatic heterocycles. The monoisotopic (exact) mass is 377 g/mol. The number of thioether (sulfide) groups is 1. The lowest BCUT2D eigenvalue weighted by atomic mass is 10.1. The fraction of sp³-hybridized carbons (Fsp3) is 0.316. The van der Waals surface area contributed by atoms with Gasteiger partial charge in [0, 0.05) is 11.4 Å². The van der Waals surface area contributed by atoms with E-state index in [1.807, 2.05) is 30.5 Å². The van der Waals surface area contributed by atoms with Crippen LogP contribution in [0.4, 0.5) is 0 Å². The molecule has 0 aliphatic heterocycles. The van der Waals surface area contributed by atoms with Crippen molar-refractivity contribution in [1.82, 2.24) is 5.32 Å². The van der Waals surface area contributed by atoms with E-state index in [0.29, 0.717) is 17.1 Å². The summed E-state index contributed by atoms with van der Waals surface area (Å²) in [7, 11) is 4.44. The Morgan fingerprint density at radius 1 is 1.04 bits per heavy atom. The van der Waals surface area contributed by atoms with Gasteiger partial charge in [0.2, 0.25) is 5.75 Å². The number of rotatable bonds is 8. The van der Waals surface area contributed by atoms with Crippen LogP contribution in [0.1, 0.15) is 22.0 Å². The largest absolute Gasteiger partial charge is 0.493 e. The molecule has 0 saturated carbocycles. The van der Waals surface area contributed by atoms with Crippen molar-refractivity contribution in [2.75, 3.05) is 34.1 Å². The topological polar surface area (TPSA) is 77.0 Å². The number of carbonyl (C=O) groups excluding carboxylic acids is 1. The molecule has 2 aromatic carbocycles. The molecular formula is C19H23NO5S. The predicted molar refractivity (Wildman–Crippen MR) is 102 cm³/mol. The van der Waals surface area contributed by atoms with Crippen molar-refractivity contribution in [3.8, 4) is 17.2 Å². The smallest absolute Gasteiger partial charge is 0.255 e. The third-order valence-electron chi connectivity index (χ3n) is 3.91. The van der Waals surface area contributed by atoms with E-state index in [9.17, 15) is 9.90 Å². The molecule has 0 bridgehead atoms. The van der Waals surface area contributed by atoms with Crippen LogP contribution < -0.4 is 19.5 Å². The molecule has 7 heteroatoms. The molecule has 0 saturated heterocycles. The lowest BCUT2D eigenvalue weighted by molar-refractivity contribution is 0.0912. The Morgan fingerprint density at radius 2 is 1.69 bits per heavy atom. The van der Waals surface area contributed by atoms with Gasteiger partial charge < -0.3 is 24.6 Å². The number of aliphatic hydroxyl groups excluding tert-OH is 1. The number of hydrogen-bond acceptors (Lipinski definition) is 6. The van der Waals surface area contributed by atoms with Gasteiger partial charge in [-0.2, -0.15) is 0 Å². The molecule has 0 heterocycles. The molecule has 1 amide bonds. The fourth-order valence-electron chi connectivity index (χ4n) is 2.51. The summed E-state index contributed by atoms with van der Waals surface area (Å²) in [5, 5.41) is 13.0. The van der Waals surface area contributed by atoms with Crippen LogP contribution in [-0.4, -0.2) is 45.1 Å². The predicted octanol–water partition coefficient (Wildman–Crippen LogP) is 2.90. The number of nitrogens with one attached hydrogen (secondary N) is 1. The summed E-state index contributed by atoms with van der Waals surface area (Å²) in [6, 6.07) is 10.8. The summed E-state index contributed by atoms with van der Waals surface area (Å²) in [6.07, 6.45) is 1.18. The molecule has 2 rings (SSSR count). The van der Waals surface area contributed by atoms with E-state index < -0.39 is 6.10 Å². The van der Waals surface area contributed by atoms with Crippen LogP contribution in [0, 0.1) is 0 Å². The van der Waals surface area contributed by atoms with Crippen molar-refractivity contribution >= 4 is 17.7 Å². The van der Waals surface area contributed by atoms with Crippen molar-refractivity contribution in [3.05, 3.63) is 47.5 Å². The lowest BCUT2D eigenvalue weighted by Crippen LogP contribution is -2.28. The van der Waals surface area contributed by atoms with Crippen molar-refractivity contribution < 1.29 is 24.1 Å². The number of aliphatic hydroxyl groups is 1. The zero-order chi connectivity index (χ0) is 19.1. The second-order valence-corrected chi connectivity index (χ2v) is 6.26. The zero-order valence-electron chi connectivity index (χ0n) is 15.2. The maximum Gasteiger partial charge on any atom is 0.255 e. The van der Waals surface area contributed by atoms with E-state index in [1.54, 1.807) is 23.9 Å². The highest BCUT2D eigenvalue weighted by Crippen LogP contribution is 2.39. The van der Waals surface area contributed by atoms with Crippen molar-refractivity contribution in [1.29, 1.82) is 0 Å². The SMILES string of the molecule is COc1ccc(C(=O)NCC(O)c2ccc(SC)cc2)c(OC)c1OC. The fourth-order valence-corrected chi connectivity index (χ4v) is 2.92. The molecule has 0 spiro atoms. The summed E-state index contributed by atoms with van der Waals surface area (Å²) in [4.78, 5) is 13.6. The second-order valence-electron chi connectivity index (χ2n) is 5.38. The summed E-state index contributed by atoms with van der Waals surface area (Å²) in [6.45, 7) is 0.0783. The molecule has 0 aliphatic rings. The van der Waals surface area contributed by atoms with E-state index in [-0.39, 0.29) is 18.2 Å². The Labute approximate surface area is 157 Å². The van der Waals surface area contributed by atoms with Crippen molar-refractivity contribution in [3.63, 3.8) is 0 Å². The number of carbonyl (C=O) groups is 1. The Bertz CT molecular complexity index is 748. The first kappa shape index (κ1) is 19.9. The minimum atomic E-state index is -0.805. The standard InChI is InChI=1S/C19H23NO5S/c1-23-16-10-9-14(17(24-2)18(16)25-3)19(22)20-11-15(21)12-5-7-13(26-4)8-6-12/h5-10,15,21H,11H2,1-4H3,(H,20,22). The van der Waals surface area contributed by atoms with Gasteiger partial charge in [0.25, 0.3) is 5.91 Å². The van der Waals surface area contributed by atoms with E-state index in [4.69, 9.17) is 14.2 Å². The van der Waals surface area contributed by atoms with Crippen LogP contribution in [0.3, 0.4) is 0 Å². The molecule has 0 radical (unpaired) electrons. The molecular weight excluding hydrogens is 354 g/mol. The van der Waals surface area contributed by atoms with Crippen LogP contribution in [-0.2, 0) is 0 Å². The minimum Gasteiger partial charge on any atom is -0.493 e. The Balaban J connectivity index is 2.11. The van der Waals surface area contributed by atoms with Gasteiger partial charge in [-0.05, 0) is 36.1 Å². The number of ether oxygens (including phenoxy) is 3. The molecule has 1 unspecified atom stereocenters. The summed E-state index contributed by atoms with van der Waals surface area (Å²) < 4.78 is 15.8. The molecule has 2 aromatic rings. The normalized spacial score (nSPS) is 11.6. The van der Waals surface area contributed by atoms with Crippen LogP contribution in [0.5, 0.6) is 17.2 Å². The van der Waals surface area contributed by atoms with Gasteiger partial charge in [-0.3, -0.25) is 4.79 Å². The molecule has 2 N–H and O–H groups in total. The van der Waals surface area contributed by atoms with Gasteiger partial charge >= 0.3 is 0 Å². The Morgan fingerprint density at radius 3 is 2.23 bits per heavy atom. The third-order valence-corrected chi connectivity index (χ3v) is 4.65. The lowest BCUT2D eigenvalue weighted by Gasteiger charge is -2.17. The third kappa shape index (κ3) is 4.42. The van der Waals surface area contributed by atoms with Gasteiger partial charge in [-0.1, -0.05) is 12.1 Å². The first-order valence-electron chi connectivity index (χ1n) is 7.94. The molecule has 140 valence electrons. The van der Waals surface area contributed by atoms with Gasteiger partial charge in [-0.15, -0.1) is 11.8 Å². The zero-order valence-corrected chi connectivity index (χ0v) is 16.1. The highest BCUT2D eigenvalue weighted by atomic mass is 32.2. The van der Waals surface area contributed by atoms with Gasteiger partial charge in [0.15, 0.2) is 11.5 Å². The Hall–Kier alpha value is -2.38. The summed E-state index contributed by atoms with van der Waals surface area (Å²) in [5.74, 6) is 0.719. The second kappa shape index (κ2) is 9.35. The average Bonchev–Trinajstić information content (AvgIpc) is 2.70. The van der Waals surface area contributed by atoms with Gasteiger partial charge in [-0.25, -0.2) is 0 Å². The van der Waals surface area contributed by atoms with Crippen molar-refractivity contribution in [2.45, 2.75) is 11.0 Å². The van der Waals surface area contributed by atoms with E-state index in [1.165, 1.54) is 21.3 Å². The first-order valence-corrected chi connectivity index (χ1v) is 9.17. The van der Waals surface area contributed by atoms with Crippen LogP contribution in [0.15, 0.2) is 41.3 Å². The highest BCUT2D eigenvalue weighted by molar-refractivity contribution is 7.98. The van der Waals surface area contributed by atoms with E-state index in [2.05, 4.69) is 5.32 Å². The number of hydrogen-bond donors (Lipinski definition) is 2. The van der Waals surface area contributed by atoms with E-state index in [0.717, 1.165) is 10.5 Å². The molecule has 26 heavy (non-hydrogen) atoms. The number of amides is 1. The van der Waals surface area contributed by atoms with Crippen LogP contribution in [0.25, 0.3) is 0 Å². The van der Waals surface area contributed by atoms with Crippen LogP contribution >= 0.6 is 11.8 Å². The highest BCUT2D eigenvalue weighted by Gasteiger charge is 2.21. The Kier molecular flexibility index (Phi) is 7.17. The first-order chi connectivity index (χ1) is 12.5. The summed E-state index contributed by atoms with van der Waals surface area (Å²) in [5.41, 5.74) is 1.04.